The predicted molar refractivity (Wildman–Crippen MR) is 110 cm³/mol. The summed E-state index contributed by atoms with van der Waals surface area (Å²) >= 11 is 5.91. The number of nitrogens with zero attached hydrogens (tertiary/aromatic N) is 4. The van der Waals surface area contributed by atoms with Gasteiger partial charge in [0.2, 0.25) is 0 Å². The minimum atomic E-state index is -0.507. The SMILES string of the molecule is Cc1c(C(=O)Nc2ccc3nn(-c4ccc(Cl)cc4)nc3c2)cccc1[N+](=O)[O-]. The van der Waals surface area contributed by atoms with Gasteiger partial charge in [0, 0.05) is 27.9 Å². The van der Waals surface area contributed by atoms with Crippen molar-refractivity contribution in [2.24, 2.45) is 0 Å². The third-order valence-corrected chi connectivity index (χ3v) is 4.69. The first-order chi connectivity index (χ1) is 13.9. The Morgan fingerprint density at radius 2 is 1.79 bits per heavy atom. The Hall–Kier alpha value is -3.78. The first-order valence-corrected chi connectivity index (χ1v) is 8.98. The average molecular weight is 408 g/mol. The second-order valence-electron chi connectivity index (χ2n) is 6.33. The first kappa shape index (κ1) is 18.6. The van der Waals surface area contributed by atoms with Crippen molar-refractivity contribution in [3.05, 3.63) is 86.9 Å². The van der Waals surface area contributed by atoms with Gasteiger partial charge in [-0.25, -0.2) is 0 Å². The van der Waals surface area contributed by atoms with Crippen molar-refractivity contribution in [1.82, 2.24) is 15.0 Å². The molecule has 1 N–H and O–H groups in total. The van der Waals surface area contributed by atoms with Crippen LogP contribution in [-0.4, -0.2) is 25.8 Å². The maximum atomic E-state index is 12.6. The average Bonchev–Trinajstić information content (AvgIpc) is 3.11. The predicted octanol–water partition coefficient (Wildman–Crippen LogP) is 4.54. The van der Waals surface area contributed by atoms with E-state index in [4.69, 9.17) is 11.6 Å². The van der Waals surface area contributed by atoms with Crippen LogP contribution in [0.2, 0.25) is 5.02 Å². The number of rotatable bonds is 4. The molecule has 0 unspecified atom stereocenters. The van der Waals surface area contributed by atoms with Gasteiger partial charge in [-0.05, 0) is 55.5 Å². The van der Waals surface area contributed by atoms with E-state index in [-0.39, 0.29) is 11.3 Å². The van der Waals surface area contributed by atoms with Gasteiger partial charge in [-0.15, -0.1) is 10.2 Å². The van der Waals surface area contributed by atoms with Gasteiger partial charge in [-0.1, -0.05) is 17.7 Å². The first-order valence-electron chi connectivity index (χ1n) is 8.61. The summed E-state index contributed by atoms with van der Waals surface area (Å²) in [4.78, 5) is 24.7. The van der Waals surface area contributed by atoms with Crippen molar-refractivity contribution in [2.45, 2.75) is 6.92 Å². The topological polar surface area (TPSA) is 103 Å². The van der Waals surface area contributed by atoms with Gasteiger partial charge in [-0.2, -0.15) is 4.80 Å². The molecule has 8 nitrogen and oxygen atoms in total. The lowest BCUT2D eigenvalue weighted by Crippen LogP contribution is -2.14. The van der Waals surface area contributed by atoms with Gasteiger partial charge >= 0.3 is 0 Å². The fraction of sp³-hybridized carbons (Fsp3) is 0.0500. The molecule has 29 heavy (non-hydrogen) atoms. The smallest absolute Gasteiger partial charge is 0.273 e. The molecular formula is C20H14ClN5O3. The molecule has 0 atom stereocenters. The number of aromatic nitrogens is 3. The van der Waals surface area contributed by atoms with E-state index in [9.17, 15) is 14.9 Å². The van der Waals surface area contributed by atoms with Crippen LogP contribution >= 0.6 is 11.6 Å². The quantitative estimate of drug-likeness (QED) is 0.395. The van der Waals surface area contributed by atoms with Crippen molar-refractivity contribution in [3.8, 4) is 5.69 Å². The van der Waals surface area contributed by atoms with Crippen molar-refractivity contribution >= 4 is 39.9 Å². The largest absolute Gasteiger partial charge is 0.322 e. The van der Waals surface area contributed by atoms with Crippen molar-refractivity contribution in [1.29, 1.82) is 0 Å². The van der Waals surface area contributed by atoms with Crippen LogP contribution in [0.15, 0.2) is 60.7 Å². The molecule has 9 heteroatoms. The summed E-state index contributed by atoms with van der Waals surface area (Å²) in [5.41, 5.74) is 2.96. The highest BCUT2D eigenvalue weighted by atomic mass is 35.5. The molecule has 1 amide bonds. The molecule has 0 radical (unpaired) electrons. The lowest BCUT2D eigenvalue weighted by atomic mass is 10.1. The van der Waals surface area contributed by atoms with E-state index in [0.29, 0.717) is 27.3 Å². The van der Waals surface area contributed by atoms with E-state index in [1.807, 2.05) is 0 Å². The number of anilines is 1. The van der Waals surface area contributed by atoms with Crippen molar-refractivity contribution < 1.29 is 9.72 Å². The van der Waals surface area contributed by atoms with Crippen LogP contribution in [0.1, 0.15) is 15.9 Å². The Kier molecular flexibility index (Phi) is 4.69. The van der Waals surface area contributed by atoms with E-state index in [2.05, 4.69) is 15.5 Å². The zero-order valence-electron chi connectivity index (χ0n) is 15.2. The Balaban J connectivity index is 1.62. The van der Waals surface area contributed by atoms with E-state index in [1.54, 1.807) is 55.5 Å². The second-order valence-corrected chi connectivity index (χ2v) is 6.77. The van der Waals surface area contributed by atoms with E-state index in [0.717, 1.165) is 5.69 Å². The van der Waals surface area contributed by atoms with Crippen LogP contribution in [-0.2, 0) is 0 Å². The van der Waals surface area contributed by atoms with Crippen LogP contribution in [0.5, 0.6) is 0 Å². The maximum absolute atomic E-state index is 12.6. The molecular weight excluding hydrogens is 394 g/mol. The fourth-order valence-corrected chi connectivity index (χ4v) is 3.07. The highest BCUT2D eigenvalue weighted by Crippen LogP contribution is 2.23. The minimum absolute atomic E-state index is 0.0981. The molecule has 4 aromatic rings. The molecule has 3 aromatic carbocycles. The molecule has 1 heterocycles. The summed E-state index contributed by atoms with van der Waals surface area (Å²) in [6, 6.07) is 16.6. The Labute approximate surface area is 169 Å². The fourth-order valence-electron chi connectivity index (χ4n) is 2.95. The molecule has 0 fully saturated rings. The van der Waals surface area contributed by atoms with E-state index in [1.165, 1.54) is 16.9 Å². The van der Waals surface area contributed by atoms with E-state index < -0.39 is 10.8 Å². The summed E-state index contributed by atoms with van der Waals surface area (Å²) in [5, 5.41) is 23.3. The third-order valence-electron chi connectivity index (χ3n) is 4.44. The maximum Gasteiger partial charge on any atom is 0.273 e. The van der Waals surface area contributed by atoms with Gasteiger partial charge in [0.25, 0.3) is 11.6 Å². The van der Waals surface area contributed by atoms with Crippen molar-refractivity contribution in [3.63, 3.8) is 0 Å². The van der Waals surface area contributed by atoms with Gasteiger partial charge in [0.15, 0.2) is 0 Å². The van der Waals surface area contributed by atoms with Crippen LogP contribution < -0.4 is 5.32 Å². The summed E-state index contributed by atoms with van der Waals surface area (Å²) in [6.45, 7) is 1.55. The summed E-state index contributed by atoms with van der Waals surface area (Å²) in [6.07, 6.45) is 0. The number of carbonyl (C=O) groups is 1. The summed E-state index contributed by atoms with van der Waals surface area (Å²) in [5.74, 6) is -0.435. The molecule has 144 valence electrons. The monoisotopic (exact) mass is 407 g/mol. The number of nitro groups is 1. The highest BCUT2D eigenvalue weighted by Gasteiger charge is 2.18. The molecule has 0 spiro atoms. The molecule has 0 aliphatic heterocycles. The highest BCUT2D eigenvalue weighted by molar-refractivity contribution is 6.30. The molecule has 0 bridgehead atoms. The zero-order chi connectivity index (χ0) is 20.5. The van der Waals surface area contributed by atoms with Crippen molar-refractivity contribution in [2.75, 3.05) is 5.32 Å². The van der Waals surface area contributed by atoms with Crippen LogP contribution in [0.3, 0.4) is 0 Å². The number of nitrogens with one attached hydrogen (secondary N) is 1. The lowest BCUT2D eigenvalue weighted by molar-refractivity contribution is -0.385. The Morgan fingerprint density at radius 1 is 1.07 bits per heavy atom. The molecule has 0 saturated carbocycles. The lowest BCUT2D eigenvalue weighted by Gasteiger charge is -2.07. The Bertz CT molecular complexity index is 1250. The van der Waals surface area contributed by atoms with Crippen LogP contribution in [0.25, 0.3) is 16.7 Å². The minimum Gasteiger partial charge on any atom is -0.322 e. The Morgan fingerprint density at radius 3 is 2.52 bits per heavy atom. The number of hydrogen-bond acceptors (Lipinski definition) is 5. The third kappa shape index (κ3) is 3.65. The second kappa shape index (κ2) is 7.33. The number of hydrogen-bond donors (Lipinski definition) is 1. The molecule has 0 aliphatic rings. The normalized spacial score (nSPS) is 10.8. The van der Waals surface area contributed by atoms with Gasteiger partial charge < -0.3 is 5.32 Å². The zero-order valence-corrected chi connectivity index (χ0v) is 15.9. The number of nitro benzene ring substituents is 1. The summed E-state index contributed by atoms with van der Waals surface area (Å²) in [7, 11) is 0. The van der Waals surface area contributed by atoms with Gasteiger partial charge in [0.05, 0.1) is 10.6 Å². The summed E-state index contributed by atoms with van der Waals surface area (Å²) < 4.78 is 0. The molecule has 4 rings (SSSR count). The van der Waals surface area contributed by atoms with Crippen LogP contribution in [0, 0.1) is 17.0 Å². The standard InChI is InChI=1S/C20H14ClN5O3/c1-12-16(3-2-4-19(12)26(28)29)20(27)22-14-7-10-17-18(11-14)24-25(23-17)15-8-5-13(21)6-9-15/h2-11H,1H3,(H,22,27). The molecule has 0 aliphatic carbocycles. The van der Waals surface area contributed by atoms with Gasteiger partial charge in [0.1, 0.15) is 11.0 Å². The van der Waals surface area contributed by atoms with Crippen LogP contribution in [0.4, 0.5) is 11.4 Å². The van der Waals surface area contributed by atoms with Gasteiger partial charge in [-0.3, -0.25) is 14.9 Å². The molecule has 0 saturated heterocycles. The van der Waals surface area contributed by atoms with E-state index >= 15 is 0 Å². The number of benzene rings is 3. The molecule has 1 aromatic heterocycles. The number of amides is 1. The number of fused-ring (bicyclic) bond motifs is 1. The number of carbonyl (C=O) groups excluding carboxylic acids is 1. The number of halogens is 1.